The second-order valence-corrected chi connectivity index (χ2v) is 3.62. The molecule has 0 spiro atoms. The van der Waals surface area contributed by atoms with Gasteiger partial charge in [-0.2, -0.15) is 0 Å². The molecule has 7 nitrogen and oxygen atoms in total. The molecular weight excluding hydrogens is 220 g/mol. The third kappa shape index (κ3) is 3.11. The monoisotopic (exact) mass is 238 g/mol. The molecule has 0 unspecified atom stereocenters. The van der Waals surface area contributed by atoms with Crippen LogP contribution < -0.4 is 16.8 Å². The van der Waals surface area contributed by atoms with Crippen molar-refractivity contribution in [1.82, 2.24) is 21.0 Å². The zero-order chi connectivity index (χ0) is 11.4. The third-order valence-electron chi connectivity index (χ3n) is 2.64. The van der Waals surface area contributed by atoms with Gasteiger partial charge in [-0.15, -0.1) is 0 Å². The summed E-state index contributed by atoms with van der Waals surface area (Å²) >= 11 is 0. The minimum absolute atomic E-state index is 0. The first-order valence-electron chi connectivity index (χ1n) is 5.31. The van der Waals surface area contributed by atoms with Gasteiger partial charge in [0.15, 0.2) is 0 Å². The Kier molecular flexibility index (Phi) is 4.80. The number of aromatic nitrogens is 2. The molecular formula is C10H18N6O. The van der Waals surface area contributed by atoms with Crippen molar-refractivity contribution in [3.05, 3.63) is 18.5 Å². The van der Waals surface area contributed by atoms with Gasteiger partial charge in [-0.1, -0.05) is 0 Å². The Morgan fingerprint density at radius 1 is 1.24 bits per heavy atom. The highest BCUT2D eigenvalue weighted by Gasteiger charge is 2.21. The van der Waals surface area contributed by atoms with E-state index in [0.29, 0.717) is 13.1 Å². The molecule has 5 N–H and O–H groups in total. The van der Waals surface area contributed by atoms with Gasteiger partial charge in [0.2, 0.25) is 11.9 Å². The van der Waals surface area contributed by atoms with Gasteiger partial charge in [-0.05, 0) is 6.07 Å². The van der Waals surface area contributed by atoms with E-state index >= 15 is 0 Å². The second kappa shape index (κ2) is 6.12. The van der Waals surface area contributed by atoms with Crippen molar-refractivity contribution in [2.24, 2.45) is 5.73 Å². The summed E-state index contributed by atoms with van der Waals surface area (Å²) in [6.45, 7) is 2.98. The van der Waals surface area contributed by atoms with Gasteiger partial charge in [-0.3, -0.25) is 4.79 Å². The molecule has 0 aliphatic carbocycles. The van der Waals surface area contributed by atoms with Crippen LogP contribution in [0.25, 0.3) is 0 Å². The van der Waals surface area contributed by atoms with Gasteiger partial charge in [0, 0.05) is 38.6 Å². The van der Waals surface area contributed by atoms with Crippen LogP contribution in [-0.2, 0) is 4.79 Å². The van der Waals surface area contributed by atoms with Crippen molar-refractivity contribution in [2.75, 3.05) is 37.6 Å². The summed E-state index contributed by atoms with van der Waals surface area (Å²) in [5.41, 5.74) is 5.32. The maximum atomic E-state index is 11.4. The first kappa shape index (κ1) is 13.3. The van der Waals surface area contributed by atoms with Gasteiger partial charge in [-0.25, -0.2) is 9.97 Å². The van der Waals surface area contributed by atoms with Crippen LogP contribution in [0, 0.1) is 0 Å². The highest BCUT2D eigenvalue weighted by Crippen LogP contribution is 2.09. The molecule has 1 saturated heterocycles. The number of amides is 1. The summed E-state index contributed by atoms with van der Waals surface area (Å²) in [5.74, 6) is 0.732. The number of anilines is 1. The lowest BCUT2D eigenvalue weighted by molar-refractivity contribution is -0.129. The van der Waals surface area contributed by atoms with E-state index in [1.165, 1.54) is 0 Å². The van der Waals surface area contributed by atoms with Crippen molar-refractivity contribution in [2.45, 2.75) is 0 Å². The topological polar surface area (TPSA) is 110 Å². The van der Waals surface area contributed by atoms with Crippen LogP contribution in [0.3, 0.4) is 0 Å². The van der Waals surface area contributed by atoms with E-state index in [1.807, 2.05) is 0 Å². The van der Waals surface area contributed by atoms with Gasteiger partial charge in [0.25, 0.3) is 0 Å². The maximum absolute atomic E-state index is 11.4. The van der Waals surface area contributed by atoms with Crippen LogP contribution in [-0.4, -0.2) is 53.5 Å². The lowest BCUT2D eigenvalue weighted by Gasteiger charge is -2.34. The van der Waals surface area contributed by atoms with Crippen LogP contribution in [0.2, 0.25) is 0 Å². The molecule has 1 aromatic rings. The zero-order valence-corrected chi connectivity index (χ0v) is 9.75. The van der Waals surface area contributed by atoms with Crippen molar-refractivity contribution in [1.29, 1.82) is 0 Å². The molecule has 1 fully saturated rings. The van der Waals surface area contributed by atoms with Gasteiger partial charge >= 0.3 is 0 Å². The first-order valence-corrected chi connectivity index (χ1v) is 5.31. The molecule has 94 valence electrons. The van der Waals surface area contributed by atoms with Crippen molar-refractivity contribution >= 4 is 11.9 Å². The van der Waals surface area contributed by atoms with Gasteiger partial charge in [0.05, 0.1) is 6.54 Å². The molecule has 17 heavy (non-hydrogen) atoms. The van der Waals surface area contributed by atoms with E-state index in [1.54, 1.807) is 23.4 Å². The largest absolute Gasteiger partial charge is 0.344 e. The fourth-order valence-electron chi connectivity index (χ4n) is 1.74. The minimum atomic E-state index is 0. The zero-order valence-electron chi connectivity index (χ0n) is 9.75. The molecule has 2 rings (SSSR count). The predicted octanol–water partition coefficient (Wildman–Crippen LogP) is -0.754. The van der Waals surface area contributed by atoms with E-state index in [9.17, 15) is 4.79 Å². The molecule has 0 bridgehead atoms. The van der Waals surface area contributed by atoms with Crippen molar-refractivity contribution in [3.8, 4) is 0 Å². The second-order valence-electron chi connectivity index (χ2n) is 3.62. The van der Waals surface area contributed by atoms with E-state index in [0.717, 1.165) is 19.0 Å². The summed E-state index contributed by atoms with van der Waals surface area (Å²) in [7, 11) is 0. The van der Waals surface area contributed by atoms with Crippen molar-refractivity contribution in [3.63, 3.8) is 0 Å². The number of nitrogens with zero attached hydrogens (tertiary/aromatic N) is 4. The number of rotatable bonds is 2. The number of hydrogen-bond acceptors (Lipinski definition) is 6. The highest BCUT2D eigenvalue weighted by molar-refractivity contribution is 5.78. The molecule has 0 radical (unpaired) electrons. The Hall–Kier alpha value is -1.73. The molecule has 1 aliphatic heterocycles. The standard InChI is InChI=1S/C10H15N5O.H3N/c11-8-9(16)14-4-6-15(7-5-14)10-12-2-1-3-13-10;/h1-3H,4-8,11H2;1H3. The SMILES string of the molecule is N.NCC(=O)N1CCN(c2ncccn2)CC1. The Balaban J connectivity index is 0.00000144. The predicted molar refractivity (Wildman–Crippen MR) is 64.9 cm³/mol. The number of piperazine rings is 1. The molecule has 0 aromatic carbocycles. The van der Waals surface area contributed by atoms with E-state index in [2.05, 4.69) is 14.9 Å². The fourth-order valence-corrected chi connectivity index (χ4v) is 1.74. The summed E-state index contributed by atoms with van der Waals surface area (Å²) in [5, 5.41) is 0. The summed E-state index contributed by atoms with van der Waals surface area (Å²) in [6, 6.07) is 1.79. The van der Waals surface area contributed by atoms with Gasteiger partial charge < -0.3 is 21.7 Å². The quantitative estimate of drug-likeness (QED) is 0.701. The third-order valence-corrected chi connectivity index (χ3v) is 2.64. The number of nitrogens with two attached hydrogens (primary N) is 1. The van der Waals surface area contributed by atoms with E-state index in [4.69, 9.17) is 5.73 Å². The Labute approximate surface area is 100 Å². The van der Waals surface area contributed by atoms with Crippen molar-refractivity contribution < 1.29 is 4.79 Å². The molecule has 1 aromatic heterocycles. The fraction of sp³-hybridized carbons (Fsp3) is 0.500. The smallest absolute Gasteiger partial charge is 0.236 e. The summed E-state index contributed by atoms with van der Waals surface area (Å²) in [6.07, 6.45) is 3.44. The van der Waals surface area contributed by atoms with Gasteiger partial charge in [0.1, 0.15) is 0 Å². The maximum Gasteiger partial charge on any atom is 0.236 e. The molecule has 0 saturated carbocycles. The minimum Gasteiger partial charge on any atom is -0.344 e. The molecule has 7 heteroatoms. The van der Waals surface area contributed by atoms with Crippen LogP contribution in [0.15, 0.2) is 18.5 Å². The lowest BCUT2D eigenvalue weighted by atomic mass is 10.3. The molecule has 2 heterocycles. The molecule has 1 aliphatic rings. The van der Waals surface area contributed by atoms with Crippen LogP contribution in [0.5, 0.6) is 0 Å². The Bertz CT molecular complexity index is 349. The Morgan fingerprint density at radius 3 is 2.35 bits per heavy atom. The first-order chi connectivity index (χ1) is 7.81. The lowest BCUT2D eigenvalue weighted by Crippen LogP contribution is -2.50. The number of carbonyl (C=O) groups is 1. The highest BCUT2D eigenvalue weighted by atomic mass is 16.2. The van der Waals surface area contributed by atoms with Crippen LogP contribution in [0.4, 0.5) is 5.95 Å². The molecule has 0 atom stereocenters. The number of carbonyl (C=O) groups excluding carboxylic acids is 1. The van der Waals surface area contributed by atoms with E-state index < -0.39 is 0 Å². The molecule has 1 amide bonds. The van der Waals surface area contributed by atoms with E-state index in [-0.39, 0.29) is 18.6 Å². The average Bonchev–Trinajstić information content (AvgIpc) is 2.39. The summed E-state index contributed by atoms with van der Waals surface area (Å²) < 4.78 is 0. The average molecular weight is 238 g/mol. The normalized spacial score (nSPS) is 15.4. The number of hydrogen-bond donors (Lipinski definition) is 2. The summed E-state index contributed by atoms with van der Waals surface area (Å²) in [4.78, 5) is 23.6. The Morgan fingerprint density at radius 2 is 1.82 bits per heavy atom. The van der Waals surface area contributed by atoms with Crippen LogP contribution >= 0.6 is 0 Å². The van der Waals surface area contributed by atoms with Crippen LogP contribution in [0.1, 0.15) is 0 Å².